The third-order valence-corrected chi connectivity index (χ3v) is 3.93. The van der Waals surface area contributed by atoms with E-state index in [4.69, 9.17) is 0 Å². The van der Waals surface area contributed by atoms with E-state index in [-0.39, 0.29) is 0 Å². The van der Waals surface area contributed by atoms with Crippen molar-refractivity contribution in [3.05, 3.63) is 12.2 Å². The Labute approximate surface area is 97.1 Å². The molecule has 0 amide bonds. The average molecular weight is 223 g/mol. The fraction of sp³-hybridized carbons (Fsp3) is 0.769. The number of rotatable bonds is 3. The van der Waals surface area contributed by atoms with Gasteiger partial charge in [0, 0.05) is 19.6 Å². The number of carboxylic acid groups (broad SMARTS) is 1. The van der Waals surface area contributed by atoms with Gasteiger partial charge in [-0.1, -0.05) is 37.8 Å². The monoisotopic (exact) mass is 223 g/mol. The van der Waals surface area contributed by atoms with Gasteiger partial charge in [-0.2, -0.15) is 0 Å². The van der Waals surface area contributed by atoms with E-state index in [0.29, 0.717) is 0 Å². The highest BCUT2D eigenvalue weighted by Crippen LogP contribution is 2.36. The molecular weight excluding hydrogens is 202 g/mol. The molecule has 0 unspecified atom stereocenters. The molecule has 0 aromatic heterocycles. The van der Waals surface area contributed by atoms with Gasteiger partial charge in [0.25, 0.3) is 0 Å². The molecule has 1 aliphatic carbocycles. The highest BCUT2D eigenvalue weighted by Gasteiger charge is 2.40. The number of nitrogens with zero attached hydrogens (tertiary/aromatic N) is 1. The molecule has 0 aromatic carbocycles. The molecule has 2 aliphatic rings. The lowest BCUT2D eigenvalue weighted by Crippen LogP contribution is -2.42. The Bertz CT molecular complexity index is 270. The summed E-state index contributed by atoms with van der Waals surface area (Å²) in [6.45, 7) is 2.58. The molecule has 0 atom stereocenters. The van der Waals surface area contributed by atoms with Gasteiger partial charge < -0.3 is 5.11 Å². The van der Waals surface area contributed by atoms with Crippen LogP contribution in [0.2, 0.25) is 0 Å². The van der Waals surface area contributed by atoms with E-state index in [1.165, 1.54) is 12.8 Å². The zero-order chi connectivity index (χ0) is 11.4. The SMILES string of the molecule is O=C(O)C1(CN2CC=CC2)CCCCCC1. The number of hydrogen-bond acceptors (Lipinski definition) is 2. The van der Waals surface area contributed by atoms with E-state index in [0.717, 1.165) is 45.3 Å². The lowest BCUT2D eigenvalue weighted by Gasteiger charge is -2.32. The van der Waals surface area contributed by atoms with Crippen molar-refractivity contribution in [2.24, 2.45) is 5.41 Å². The zero-order valence-corrected chi connectivity index (χ0v) is 9.82. The molecule has 1 heterocycles. The predicted molar refractivity (Wildman–Crippen MR) is 63.4 cm³/mol. The van der Waals surface area contributed by atoms with Crippen molar-refractivity contribution in [2.75, 3.05) is 19.6 Å². The summed E-state index contributed by atoms with van der Waals surface area (Å²) >= 11 is 0. The van der Waals surface area contributed by atoms with Crippen LogP contribution in [0.25, 0.3) is 0 Å². The first-order valence-electron chi connectivity index (χ1n) is 6.34. The maximum Gasteiger partial charge on any atom is 0.310 e. The van der Waals surface area contributed by atoms with Gasteiger partial charge in [0.2, 0.25) is 0 Å². The smallest absolute Gasteiger partial charge is 0.310 e. The van der Waals surface area contributed by atoms with Gasteiger partial charge in [0.15, 0.2) is 0 Å². The first-order valence-corrected chi connectivity index (χ1v) is 6.34. The zero-order valence-electron chi connectivity index (χ0n) is 9.82. The second-order valence-electron chi connectivity index (χ2n) is 5.17. The second kappa shape index (κ2) is 5.00. The molecule has 0 aromatic rings. The molecule has 3 nitrogen and oxygen atoms in total. The number of hydrogen-bond donors (Lipinski definition) is 1. The Balaban J connectivity index is 2.04. The van der Waals surface area contributed by atoms with Crippen LogP contribution in [0.1, 0.15) is 38.5 Å². The molecule has 90 valence electrons. The van der Waals surface area contributed by atoms with Gasteiger partial charge in [-0.05, 0) is 12.8 Å². The Morgan fingerprint density at radius 2 is 1.69 bits per heavy atom. The lowest BCUT2D eigenvalue weighted by atomic mass is 9.80. The minimum absolute atomic E-state index is 0.470. The van der Waals surface area contributed by atoms with Gasteiger partial charge in [-0.25, -0.2) is 0 Å². The quantitative estimate of drug-likeness (QED) is 0.589. The topological polar surface area (TPSA) is 40.5 Å². The van der Waals surface area contributed by atoms with Crippen LogP contribution in [-0.2, 0) is 4.79 Å². The summed E-state index contributed by atoms with van der Waals surface area (Å²) < 4.78 is 0. The number of aliphatic carboxylic acids is 1. The summed E-state index contributed by atoms with van der Waals surface area (Å²) in [4.78, 5) is 13.8. The van der Waals surface area contributed by atoms with Crippen LogP contribution in [-0.4, -0.2) is 35.6 Å². The maximum absolute atomic E-state index is 11.6. The van der Waals surface area contributed by atoms with E-state index in [2.05, 4.69) is 17.1 Å². The van der Waals surface area contributed by atoms with Gasteiger partial charge in [0.05, 0.1) is 5.41 Å². The van der Waals surface area contributed by atoms with Crippen LogP contribution in [0.15, 0.2) is 12.2 Å². The van der Waals surface area contributed by atoms with Crippen molar-refractivity contribution in [1.82, 2.24) is 4.90 Å². The largest absolute Gasteiger partial charge is 0.481 e. The standard InChI is InChI=1S/C13H21NO2/c15-12(16)13(7-3-1-2-4-8-13)11-14-9-5-6-10-14/h5-6H,1-4,7-11H2,(H,15,16). The van der Waals surface area contributed by atoms with Gasteiger partial charge in [0.1, 0.15) is 0 Å². The molecule has 1 fully saturated rings. The van der Waals surface area contributed by atoms with E-state index >= 15 is 0 Å². The molecule has 1 aliphatic heterocycles. The molecule has 16 heavy (non-hydrogen) atoms. The normalized spacial score (nSPS) is 25.5. The Morgan fingerprint density at radius 1 is 1.12 bits per heavy atom. The molecule has 0 radical (unpaired) electrons. The summed E-state index contributed by atoms with van der Waals surface area (Å²) in [7, 11) is 0. The van der Waals surface area contributed by atoms with Crippen LogP contribution in [0.4, 0.5) is 0 Å². The minimum Gasteiger partial charge on any atom is -0.481 e. The first kappa shape index (κ1) is 11.6. The average Bonchev–Trinajstić information content (AvgIpc) is 2.62. The fourth-order valence-corrected chi connectivity index (χ4v) is 2.92. The maximum atomic E-state index is 11.6. The third kappa shape index (κ3) is 2.46. The Morgan fingerprint density at radius 3 is 2.19 bits per heavy atom. The van der Waals surface area contributed by atoms with Crippen molar-refractivity contribution in [3.8, 4) is 0 Å². The summed E-state index contributed by atoms with van der Waals surface area (Å²) in [5, 5.41) is 9.53. The van der Waals surface area contributed by atoms with Crippen molar-refractivity contribution in [2.45, 2.75) is 38.5 Å². The van der Waals surface area contributed by atoms with Crippen molar-refractivity contribution < 1.29 is 9.90 Å². The molecule has 3 heteroatoms. The number of carbonyl (C=O) groups is 1. The van der Waals surface area contributed by atoms with Crippen molar-refractivity contribution in [1.29, 1.82) is 0 Å². The highest BCUT2D eigenvalue weighted by molar-refractivity contribution is 5.75. The summed E-state index contributed by atoms with van der Waals surface area (Å²) in [5.41, 5.74) is -0.470. The summed E-state index contributed by atoms with van der Waals surface area (Å²) in [6.07, 6.45) is 10.5. The first-order chi connectivity index (χ1) is 7.73. The van der Waals surface area contributed by atoms with Crippen LogP contribution >= 0.6 is 0 Å². The molecular formula is C13H21NO2. The molecule has 0 bridgehead atoms. The van der Waals surface area contributed by atoms with Crippen LogP contribution in [0.5, 0.6) is 0 Å². The van der Waals surface area contributed by atoms with E-state index in [1.807, 2.05) is 0 Å². The molecule has 0 spiro atoms. The van der Waals surface area contributed by atoms with Crippen molar-refractivity contribution >= 4 is 5.97 Å². The molecule has 1 N–H and O–H groups in total. The van der Waals surface area contributed by atoms with Crippen LogP contribution < -0.4 is 0 Å². The molecule has 2 rings (SSSR count). The number of carboxylic acids is 1. The van der Waals surface area contributed by atoms with E-state index in [9.17, 15) is 9.90 Å². The van der Waals surface area contributed by atoms with Gasteiger partial charge in [-0.3, -0.25) is 9.69 Å². The van der Waals surface area contributed by atoms with Gasteiger partial charge in [-0.15, -0.1) is 0 Å². The third-order valence-electron chi connectivity index (χ3n) is 3.93. The summed E-state index contributed by atoms with van der Waals surface area (Å²) in [6, 6.07) is 0. The Hall–Kier alpha value is -0.830. The summed E-state index contributed by atoms with van der Waals surface area (Å²) in [5.74, 6) is -0.582. The predicted octanol–water partition coefficient (Wildman–Crippen LogP) is 2.28. The highest BCUT2D eigenvalue weighted by atomic mass is 16.4. The van der Waals surface area contributed by atoms with E-state index in [1.54, 1.807) is 0 Å². The van der Waals surface area contributed by atoms with Crippen LogP contribution in [0.3, 0.4) is 0 Å². The van der Waals surface area contributed by atoms with Gasteiger partial charge >= 0.3 is 5.97 Å². The van der Waals surface area contributed by atoms with Crippen LogP contribution in [0, 0.1) is 5.41 Å². The Kier molecular flexibility index (Phi) is 3.64. The van der Waals surface area contributed by atoms with Crippen molar-refractivity contribution in [3.63, 3.8) is 0 Å². The second-order valence-corrected chi connectivity index (χ2v) is 5.17. The lowest BCUT2D eigenvalue weighted by molar-refractivity contribution is -0.151. The van der Waals surface area contributed by atoms with E-state index < -0.39 is 11.4 Å². The minimum atomic E-state index is -0.582. The molecule has 1 saturated carbocycles. The fourth-order valence-electron chi connectivity index (χ4n) is 2.92. The molecule has 0 saturated heterocycles.